The van der Waals surface area contributed by atoms with E-state index in [4.69, 9.17) is 16.3 Å². The molecule has 2 aromatic carbocycles. The molecule has 2 aromatic rings. The fraction of sp³-hybridized carbons (Fsp3) is 0.520. The van der Waals surface area contributed by atoms with Crippen molar-refractivity contribution in [3.63, 3.8) is 0 Å². The Balaban J connectivity index is 1.70. The van der Waals surface area contributed by atoms with Gasteiger partial charge in [0.25, 0.3) is 0 Å². The van der Waals surface area contributed by atoms with Gasteiger partial charge in [-0.15, -0.1) is 0 Å². The van der Waals surface area contributed by atoms with Crippen LogP contribution in [0.4, 0.5) is 4.39 Å². The highest BCUT2D eigenvalue weighted by atomic mass is 35.5. The van der Waals surface area contributed by atoms with Crippen molar-refractivity contribution in [1.82, 2.24) is 0 Å². The standard InChI is InChI=1S/C25H32ClFO/c1-4-5-6-18-7-9-19(10-8-18)17(2)22-13-11-20(15-24(22)26)23-14-12-21(28-3)16-25(23)27/h11-19H,4-10H2,1-3H3. The number of rotatable bonds is 7. The lowest BCUT2D eigenvalue weighted by Gasteiger charge is -2.33. The Hall–Kier alpha value is -1.54. The highest BCUT2D eigenvalue weighted by molar-refractivity contribution is 6.31. The van der Waals surface area contributed by atoms with E-state index < -0.39 is 0 Å². The minimum Gasteiger partial charge on any atom is -0.497 e. The fourth-order valence-electron chi connectivity index (χ4n) is 4.64. The molecule has 0 radical (unpaired) electrons. The van der Waals surface area contributed by atoms with Gasteiger partial charge in [0.1, 0.15) is 11.6 Å². The number of benzene rings is 2. The molecule has 28 heavy (non-hydrogen) atoms. The van der Waals surface area contributed by atoms with Crippen LogP contribution in [0.1, 0.15) is 70.3 Å². The van der Waals surface area contributed by atoms with Gasteiger partial charge in [0.2, 0.25) is 0 Å². The largest absolute Gasteiger partial charge is 0.497 e. The number of halogens is 2. The Morgan fingerprint density at radius 1 is 1.11 bits per heavy atom. The molecular formula is C25H32ClFO. The first-order valence-corrected chi connectivity index (χ1v) is 11.0. The molecule has 1 aliphatic rings. The summed E-state index contributed by atoms with van der Waals surface area (Å²) in [6.45, 7) is 4.57. The minimum atomic E-state index is -0.290. The first-order chi connectivity index (χ1) is 13.5. The molecule has 1 saturated carbocycles. The number of unbranched alkanes of at least 4 members (excludes halogenated alkanes) is 1. The van der Waals surface area contributed by atoms with Crippen LogP contribution in [0.25, 0.3) is 11.1 Å². The lowest BCUT2D eigenvalue weighted by atomic mass is 9.73. The zero-order valence-electron chi connectivity index (χ0n) is 17.3. The molecule has 1 unspecified atom stereocenters. The zero-order chi connectivity index (χ0) is 20.1. The third kappa shape index (κ3) is 4.89. The van der Waals surface area contributed by atoms with Crippen LogP contribution in [0.15, 0.2) is 36.4 Å². The summed E-state index contributed by atoms with van der Waals surface area (Å²) < 4.78 is 19.5. The van der Waals surface area contributed by atoms with Gasteiger partial charge in [0.05, 0.1) is 7.11 Å². The molecule has 3 rings (SSSR count). The molecule has 0 saturated heterocycles. The van der Waals surface area contributed by atoms with Gasteiger partial charge in [-0.3, -0.25) is 0 Å². The summed E-state index contributed by atoms with van der Waals surface area (Å²) in [7, 11) is 1.54. The average molecular weight is 403 g/mol. The van der Waals surface area contributed by atoms with Crippen LogP contribution in [-0.4, -0.2) is 7.11 Å². The SMILES string of the molecule is CCCCC1CCC(C(C)c2ccc(-c3ccc(OC)cc3F)cc2Cl)CC1. The Bertz CT molecular complexity index is 780. The van der Waals surface area contributed by atoms with Crippen LogP contribution in [0.5, 0.6) is 5.75 Å². The van der Waals surface area contributed by atoms with Crippen molar-refractivity contribution in [1.29, 1.82) is 0 Å². The van der Waals surface area contributed by atoms with Crippen molar-refractivity contribution < 1.29 is 9.13 Å². The van der Waals surface area contributed by atoms with Crippen LogP contribution in [0, 0.1) is 17.7 Å². The van der Waals surface area contributed by atoms with Crippen molar-refractivity contribution in [3.05, 3.63) is 52.8 Å². The summed E-state index contributed by atoms with van der Waals surface area (Å²) in [6, 6.07) is 10.9. The van der Waals surface area contributed by atoms with Gasteiger partial charge in [0.15, 0.2) is 0 Å². The highest BCUT2D eigenvalue weighted by Crippen LogP contribution is 2.42. The number of hydrogen-bond donors (Lipinski definition) is 0. The van der Waals surface area contributed by atoms with E-state index >= 15 is 0 Å². The lowest BCUT2D eigenvalue weighted by Crippen LogP contribution is -2.19. The molecule has 0 bridgehead atoms. The predicted molar refractivity (Wildman–Crippen MR) is 117 cm³/mol. The summed E-state index contributed by atoms with van der Waals surface area (Å²) >= 11 is 6.65. The summed E-state index contributed by atoms with van der Waals surface area (Å²) in [5.74, 6) is 2.28. The van der Waals surface area contributed by atoms with E-state index in [0.29, 0.717) is 23.1 Å². The topological polar surface area (TPSA) is 9.23 Å². The van der Waals surface area contributed by atoms with Gasteiger partial charge < -0.3 is 4.74 Å². The third-order valence-electron chi connectivity index (χ3n) is 6.54. The van der Waals surface area contributed by atoms with Crippen LogP contribution < -0.4 is 4.74 Å². The van der Waals surface area contributed by atoms with Crippen molar-refractivity contribution in [3.8, 4) is 16.9 Å². The zero-order valence-corrected chi connectivity index (χ0v) is 18.1. The van der Waals surface area contributed by atoms with Crippen LogP contribution >= 0.6 is 11.6 Å². The van der Waals surface area contributed by atoms with E-state index in [0.717, 1.165) is 16.5 Å². The van der Waals surface area contributed by atoms with Crippen LogP contribution in [0.3, 0.4) is 0 Å². The number of hydrogen-bond acceptors (Lipinski definition) is 1. The van der Waals surface area contributed by atoms with Gasteiger partial charge in [-0.2, -0.15) is 0 Å². The molecule has 0 spiro atoms. The summed E-state index contributed by atoms with van der Waals surface area (Å²) in [6.07, 6.45) is 9.33. The Morgan fingerprint density at radius 3 is 2.46 bits per heavy atom. The summed E-state index contributed by atoms with van der Waals surface area (Å²) in [4.78, 5) is 0. The maximum Gasteiger partial charge on any atom is 0.134 e. The molecule has 0 amide bonds. The quantitative estimate of drug-likeness (QED) is 0.452. The Morgan fingerprint density at radius 2 is 1.86 bits per heavy atom. The van der Waals surface area contributed by atoms with E-state index in [9.17, 15) is 4.39 Å². The smallest absolute Gasteiger partial charge is 0.134 e. The molecule has 0 N–H and O–H groups in total. The van der Waals surface area contributed by atoms with Crippen molar-refractivity contribution in [2.75, 3.05) is 7.11 Å². The highest BCUT2D eigenvalue weighted by Gasteiger charge is 2.27. The molecule has 1 aliphatic carbocycles. The normalized spacial score (nSPS) is 20.8. The van der Waals surface area contributed by atoms with Gasteiger partial charge in [-0.25, -0.2) is 4.39 Å². The van der Waals surface area contributed by atoms with Crippen molar-refractivity contribution >= 4 is 11.6 Å². The van der Waals surface area contributed by atoms with Gasteiger partial charge in [-0.1, -0.05) is 69.7 Å². The first kappa shape index (κ1) is 21.2. The minimum absolute atomic E-state index is 0.290. The molecule has 3 heteroatoms. The number of ether oxygens (including phenoxy) is 1. The molecule has 0 heterocycles. The molecule has 152 valence electrons. The van der Waals surface area contributed by atoms with Gasteiger partial charge >= 0.3 is 0 Å². The van der Waals surface area contributed by atoms with Crippen LogP contribution in [-0.2, 0) is 0 Å². The van der Waals surface area contributed by atoms with E-state index in [2.05, 4.69) is 19.9 Å². The van der Waals surface area contributed by atoms with Crippen LogP contribution in [0.2, 0.25) is 5.02 Å². The van der Waals surface area contributed by atoms with Gasteiger partial charge in [0, 0.05) is 16.7 Å². The fourth-order valence-corrected chi connectivity index (χ4v) is 5.00. The molecular weight excluding hydrogens is 371 g/mol. The third-order valence-corrected chi connectivity index (χ3v) is 6.87. The summed E-state index contributed by atoms with van der Waals surface area (Å²) in [5, 5.41) is 0.744. The average Bonchev–Trinajstić information content (AvgIpc) is 2.72. The maximum atomic E-state index is 14.4. The first-order valence-electron chi connectivity index (χ1n) is 10.7. The second-order valence-electron chi connectivity index (χ2n) is 8.29. The Labute approximate surface area is 174 Å². The lowest BCUT2D eigenvalue weighted by molar-refractivity contribution is 0.237. The number of methoxy groups -OCH3 is 1. The van der Waals surface area contributed by atoms with Gasteiger partial charge in [-0.05, 0) is 59.9 Å². The molecule has 1 fully saturated rings. The molecule has 1 nitrogen and oxygen atoms in total. The van der Waals surface area contributed by atoms with E-state index in [1.54, 1.807) is 19.2 Å². The second-order valence-corrected chi connectivity index (χ2v) is 8.70. The Kier molecular flexibility index (Phi) is 7.40. The maximum absolute atomic E-state index is 14.4. The molecule has 1 atom stereocenters. The van der Waals surface area contributed by atoms with Crippen molar-refractivity contribution in [2.45, 2.75) is 64.7 Å². The molecule has 0 aliphatic heterocycles. The van der Waals surface area contributed by atoms with E-state index in [1.165, 1.54) is 56.6 Å². The monoisotopic (exact) mass is 402 g/mol. The van der Waals surface area contributed by atoms with E-state index in [-0.39, 0.29) is 5.82 Å². The molecule has 0 aromatic heterocycles. The van der Waals surface area contributed by atoms with E-state index in [1.807, 2.05) is 12.1 Å². The van der Waals surface area contributed by atoms with Crippen molar-refractivity contribution in [2.24, 2.45) is 11.8 Å². The second kappa shape index (κ2) is 9.78. The summed E-state index contributed by atoms with van der Waals surface area (Å²) in [5.41, 5.74) is 2.55. The predicted octanol–water partition coefficient (Wildman–Crippen LogP) is 8.25.